The van der Waals surface area contributed by atoms with Crippen molar-refractivity contribution in [2.24, 2.45) is 5.92 Å². The maximum Gasteiger partial charge on any atom is 0.262 e. The molecule has 1 atom stereocenters. The van der Waals surface area contributed by atoms with Crippen molar-refractivity contribution in [1.82, 2.24) is 19.2 Å². The number of nitrogens with one attached hydrogen (secondary N) is 1. The number of imidazole rings is 1. The van der Waals surface area contributed by atoms with E-state index in [9.17, 15) is 13.2 Å². The lowest BCUT2D eigenvalue weighted by molar-refractivity contribution is -0.127. The summed E-state index contributed by atoms with van der Waals surface area (Å²) in [5.41, 5.74) is 0. The van der Waals surface area contributed by atoms with Crippen molar-refractivity contribution < 1.29 is 13.2 Å². The van der Waals surface area contributed by atoms with Crippen LogP contribution < -0.4 is 5.32 Å². The van der Waals surface area contributed by atoms with Crippen LogP contribution in [-0.4, -0.2) is 47.3 Å². The summed E-state index contributed by atoms with van der Waals surface area (Å²) in [5.74, 6) is -0.267. The lowest BCUT2D eigenvalue weighted by Gasteiger charge is -2.32. The lowest BCUT2D eigenvalue weighted by atomic mass is 9.93. The average molecular weight is 383 g/mol. The van der Waals surface area contributed by atoms with Gasteiger partial charge in [0.15, 0.2) is 5.03 Å². The second-order valence-electron chi connectivity index (χ2n) is 7.80. The maximum atomic E-state index is 12.9. The largest absolute Gasteiger partial charge is 0.353 e. The first-order chi connectivity index (χ1) is 12.4. The molecule has 0 unspecified atom stereocenters. The van der Waals surface area contributed by atoms with E-state index in [1.807, 2.05) is 13.8 Å². The van der Waals surface area contributed by atoms with Gasteiger partial charge in [-0.3, -0.25) is 4.79 Å². The van der Waals surface area contributed by atoms with Gasteiger partial charge in [-0.2, -0.15) is 4.31 Å². The lowest BCUT2D eigenvalue weighted by Crippen LogP contribution is -2.47. The predicted molar refractivity (Wildman–Crippen MR) is 99.1 cm³/mol. The minimum absolute atomic E-state index is 0.00418. The third-order valence-electron chi connectivity index (χ3n) is 5.48. The summed E-state index contributed by atoms with van der Waals surface area (Å²) < 4.78 is 29.0. The van der Waals surface area contributed by atoms with Crippen molar-refractivity contribution in [1.29, 1.82) is 0 Å². The van der Waals surface area contributed by atoms with Crippen LogP contribution in [0.1, 0.15) is 64.8 Å². The van der Waals surface area contributed by atoms with Crippen molar-refractivity contribution in [2.45, 2.75) is 75.9 Å². The second-order valence-corrected chi connectivity index (χ2v) is 9.68. The SMILES string of the molecule is CC(C)n1cnc(S(=O)(=O)N2CCC[C@@H](C(=O)NC3CCCCC3)C2)c1. The summed E-state index contributed by atoms with van der Waals surface area (Å²) >= 11 is 0. The first-order valence-electron chi connectivity index (χ1n) is 9.72. The highest BCUT2D eigenvalue weighted by atomic mass is 32.2. The molecule has 0 radical (unpaired) electrons. The minimum Gasteiger partial charge on any atom is -0.353 e. The van der Waals surface area contributed by atoms with Gasteiger partial charge in [-0.15, -0.1) is 0 Å². The molecule has 7 nitrogen and oxygen atoms in total. The van der Waals surface area contributed by atoms with E-state index in [1.165, 1.54) is 10.7 Å². The molecule has 1 aliphatic heterocycles. The number of hydrogen-bond donors (Lipinski definition) is 1. The van der Waals surface area contributed by atoms with Gasteiger partial charge in [0.2, 0.25) is 5.91 Å². The molecule has 146 valence electrons. The van der Waals surface area contributed by atoms with Crippen LogP contribution in [0.15, 0.2) is 17.6 Å². The fraction of sp³-hybridized carbons (Fsp3) is 0.778. The Kier molecular flexibility index (Phi) is 6.02. The van der Waals surface area contributed by atoms with Gasteiger partial charge in [-0.25, -0.2) is 13.4 Å². The van der Waals surface area contributed by atoms with Crippen LogP contribution in [0.25, 0.3) is 0 Å². The first-order valence-corrected chi connectivity index (χ1v) is 11.2. The number of carbonyl (C=O) groups excluding carboxylic acids is 1. The Labute approximate surface area is 156 Å². The number of hydrogen-bond acceptors (Lipinski definition) is 4. The van der Waals surface area contributed by atoms with Crippen LogP contribution in [0.5, 0.6) is 0 Å². The highest BCUT2D eigenvalue weighted by Crippen LogP contribution is 2.25. The number of sulfonamides is 1. The van der Waals surface area contributed by atoms with Crippen LogP contribution in [-0.2, 0) is 14.8 Å². The van der Waals surface area contributed by atoms with E-state index in [-0.39, 0.29) is 35.5 Å². The van der Waals surface area contributed by atoms with Gasteiger partial charge >= 0.3 is 0 Å². The van der Waals surface area contributed by atoms with E-state index in [4.69, 9.17) is 0 Å². The molecule has 1 saturated heterocycles. The van der Waals surface area contributed by atoms with Gasteiger partial charge in [0.1, 0.15) is 0 Å². The Morgan fingerprint density at radius 3 is 2.58 bits per heavy atom. The average Bonchev–Trinajstić information content (AvgIpc) is 3.14. The molecule has 1 amide bonds. The van der Waals surface area contributed by atoms with Crippen LogP contribution in [0.2, 0.25) is 0 Å². The van der Waals surface area contributed by atoms with Gasteiger partial charge in [0.05, 0.1) is 12.2 Å². The fourth-order valence-corrected chi connectivity index (χ4v) is 5.25. The van der Waals surface area contributed by atoms with Crippen molar-refractivity contribution in [3.63, 3.8) is 0 Å². The fourth-order valence-electron chi connectivity index (χ4n) is 3.81. The van der Waals surface area contributed by atoms with Crippen molar-refractivity contribution in [2.75, 3.05) is 13.1 Å². The molecule has 26 heavy (non-hydrogen) atoms. The van der Waals surface area contributed by atoms with E-state index in [0.717, 1.165) is 32.1 Å². The molecule has 2 aliphatic rings. The number of rotatable bonds is 5. The quantitative estimate of drug-likeness (QED) is 0.847. The van der Waals surface area contributed by atoms with Crippen LogP contribution in [0.4, 0.5) is 0 Å². The molecule has 0 aromatic carbocycles. The molecule has 8 heteroatoms. The Hall–Kier alpha value is -1.41. The zero-order valence-corrected chi connectivity index (χ0v) is 16.5. The third-order valence-corrected chi connectivity index (χ3v) is 7.24. The van der Waals surface area contributed by atoms with Gasteiger partial charge in [0, 0.05) is 31.4 Å². The Balaban J connectivity index is 1.65. The summed E-state index contributed by atoms with van der Waals surface area (Å²) in [5, 5.41) is 3.21. The monoisotopic (exact) mass is 382 g/mol. The zero-order chi connectivity index (χ0) is 18.7. The Morgan fingerprint density at radius 1 is 1.19 bits per heavy atom. The van der Waals surface area contributed by atoms with Gasteiger partial charge in [-0.1, -0.05) is 19.3 Å². The summed E-state index contributed by atoms with van der Waals surface area (Å²) in [6.07, 6.45) is 10.2. The second kappa shape index (κ2) is 8.08. The topological polar surface area (TPSA) is 84.3 Å². The third kappa shape index (κ3) is 4.28. The van der Waals surface area contributed by atoms with Gasteiger partial charge in [-0.05, 0) is 39.5 Å². The number of nitrogens with zero attached hydrogens (tertiary/aromatic N) is 3. The van der Waals surface area contributed by atoms with Crippen molar-refractivity contribution >= 4 is 15.9 Å². The Bertz CT molecular complexity index is 723. The molecule has 1 saturated carbocycles. The molecular weight excluding hydrogens is 352 g/mol. The van der Waals surface area contributed by atoms with Crippen molar-refractivity contribution in [3.8, 4) is 0 Å². The summed E-state index contributed by atoms with van der Waals surface area (Å²) in [6, 6.07) is 0.409. The molecular formula is C18H30N4O3S. The van der Waals surface area contributed by atoms with Crippen LogP contribution in [0.3, 0.4) is 0 Å². The molecule has 0 bridgehead atoms. The summed E-state index contributed by atoms with van der Waals surface area (Å²) in [6.45, 7) is 4.65. The van der Waals surface area contributed by atoms with Gasteiger partial charge < -0.3 is 9.88 Å². The number of carbonyl (C=O) groups is 1. The first kappa shape index (κ1) is 19.4. The van der Waals surface area contributed by atoms with Crippen LogP contribution in [0, 0.1) is 5.92 Å². The maximum absolute atomic E-state index is 12.9. The molecule has 0 spiro atoms. The number of amides is 1. The van der Waals surface area contributed by atoms with Crippen LogP contribution >= 0.6 is 0 Å². The van der Waals surface area contributed by atoms with Crippen molar-refractivity contribution in [3.05, 3.63) is 12.5 Å². The number of piperidine rings is 1. The molecule has 1 N–H and O–H groups in total. The van der Waals surface area contributed by atoms with E-state index in [2.05, 4.69) is 10.3 Å². The molecule has 2 fully saturated rings. The van der Waals surface area contributed by atoms with Gasteiger partial charge in [0.25, 0.3) is 10.0 Å². The molecule has 1 aromatic rings. The van der Waals surface area contributed by atoms with E-state index in [0.29, 0.717) is 13.0 Å². The highest BCUT2D eigenvalue weighted by molar-refractivity contribution is 7.89. The summed E-state index contributed by atoms with van der Waals surface area (Å²) in [4.78, 5) is 16.7. The smallest absolute Gasteiger partial charge is 0.262 e. The molecule has 1 aliphatic carbocycles. The standard InChI is InChI=1S/C18H30N4O3S/c1-14(2)21-12-17(19-13-21)26(24,25)22-10-6-7-15(11-22)18(23)20-16-8-4-3-5-9-16/h12-16H,3-11H2,1-2H3,(H,20,23)/t15-/m1/s1. The summed E-state index contributed by atoms with van der Waals surface area (Å²) in [7, 11) is -3.65. The zero-order valence-electron chi connectivity index (χ0n) is 15.7. The highest BCUT2D eigenvalue weighted by Gasteiger charge is 2.35. The predicted octanol–water partition coefficient (Wildman–Crippen LogP) is 2.31. The van der Waals surface area contributed by atoms with E-state index < -0.39 is 10.0 Å². The molecule has 3 rings (SSSR count). The Morgan fingerprint density at radius 2 is 1.92 bits per heavy atom. The number of aromatic nitrogens is 2. The molecule has 2 heterocycles. The normalized spacial score (nSPS) is 23.3. The minimum atomic E-state index is -3.65. The van der Waals surface area contributed by atoms with E-state index >= 15 is 0 Å². The van der Waals surface area contributed by atoms with E-state index in [1.54, 1.807) is 17.1 Å². The molecule has 1 aromatic heterocycles.